The van der Waals surface area contributed by atoms with Crippen LogP contribution in [0.15, 0.2) is 24.5 Å². The fourth-order valence-corrected chi connectivity index (χ4v) is 3.75. The van der Waals surface area contributed by atoms with Crippen molar-refractivity contribution in [2.24, 2.45) is 5.92 Å². The molecular formula is C19H31N3O2. The summed E-state index contributed by atoms with van der Waals surface area (Å²) in [6, 6.07) is 4.76. The van der Waals surface area contributed by atoms with Crippen LogP contribution in [0.25, 0.3) is 0 Å². The minimum Gasteiger partial charge on any atom is -0.377 e. The third-order valence-corrected chi connectivity index (χ3v) is 5.30. The summed E-state index contributed by atoms with van der Waals surface area (Å²) in [6.07, 6.45) is 4.82. The summed E-state index contributed by atoms with van der Waals surface area (Å²) in [4.78, 5) is 8.99. The molecule has 2 fully saturated rings. The van der Waals surface area contributed by atoms with Crippen LogP contribution in [0.3, 0.4) is 0 Å². The van der Waals surface area contributed by atoms with E-state index >= 15 is 0 Å². The normalized spacial score (nSPS) is 28.8. The van der Waals surface area contributed by atoms with Gasteiger partial charge in [0.05, 0.1) is 19.8 Å². The lowest BCUT2D eigenvalue weighted by Crippen LogP contribution is -2.44. The maximum Gasteiger partial charge on any atom is 0.104 e. The smallest absolute Gasteiger partial charge is 0.104 e. The lowest BCUT2D eigenvalue weighted by atomic mass is 9.93. The van der Waals surface area contributed by atoms with Crippen molar-refractivity contribution in [1.29, 1.82) is 0 Å². The molecule has 24 heavy (non-hydrogen) atoms. The first kappa shape index (κ1) is 17.8. The van der Waals surface area contributed by atoms with Crippen LogP contribution in [0.1, 0.15) is 25.8 Å². The molecule has 0 amide bonds. The molecule has 2 saturated heterocycles. The van der Waals surface area contributed by atoms with E-state index in [2.05, 4.69) is 47.8 Å². The third-order valence-electron chi connectivity index (χ3n) is 5.30. The molecule has 5 nitrogen and oxygen atoms in total. The zero-order valence-corrected chi connectivity index (χ0v) is 15.3. The van der Waals surface area contributed by atoms with Crippen molar-refractivity contribution in [3.8, 4) is 0 Å². The van der Waals surface area contributed by atoms with Crippen molar-refractivity contribution in [3.63, 3.8) is 0 Å². The maximum absolute atomic E-state index is 6.32. The number of hydrogen-bond donors (Lipinski definition) is 0. The minimum absolute atomic E-state index is 0.133. The number of nitrogens with zero attached hydrogens (tertiary/aromatic N) is 3. The van der Waals surface area contributed by atoms with E-state index in [4.69, 9.17) is 9.47 Å². The molecule has 0 unspecified atom stereocenters. The van der Waals surface area contributed by atoms with Crippen molar-refractivity contribution in [2.45, 2.75) is 38.5 Å². The van der Waals surface area contributed by atoms with Crippen LogP contribution < -0.4 is 0 Å². The molecule has 0 aromatic carbocycles. The van der Waals surface area contributed by atoms with Gasteiger partial charge < -0.3 is 14.4 Å². The molecule has 1 spiro atoms. The Hall–Kier alpha value is -1.01. The first-order valence-corrected chi connectivity index (χ1v) is 9.09. The molecule has 0 N–H and O–H groups in total. The van der Waals surface area contributed by atoms with E-state index in [-0.39, 0.29) is 5.60 Å². The fraction of sp³-hybridized carbons (Fsp3) is 0.737. The van der Waals surface area contributed by atoms with Gasteiger partial charge in [0.25, 0.3) is 0 Å². The second kappa shape index (κ2) is 7.91. The average Bonchev–Trinajstić information content (AvgIpc) is 2.83. The van der Waals surface area contributed by atoms with Gasteiger partial charge in [-0.1, -0.05) is 0 Å². The Morgan fingerprint density at radius 2 is 2.17 bits per heavy atom. The van der Waals surface area contributed by atoms with Gasteiger partial charge in [-0.05, 0) is 50.9 Å². The Labute approximate surface area is 145 Å². The van der Waals surface area contributed by atoms with Gasteiger partial charge in [0.15, 0.2) is 0 Å². The van der Waals surface area contributed by atoms with Gasteiger partial charge in [-0.3, -0.25) is 9.88 Å². The average molecular weight is 333 g/mol. The van der Waals surface area contributed by atoms with E-state index in [0.717, 1.165) is 52.4 Å². The van der Waals surface area contributed by atoms with Gasteiger partial charge in [0.2, 0.25) is 0 Å². The van der Waals surface area contributed by atoms with Crippen LogP contribution in [0.2, 0.25) is 0 Å². The highest BCUT2D eigenvalue weighted by Gasteiger charge is 2.43. The Balaban J connectivity index is 1.60. The third kappa shape index (κ3) is 4.54. The molecule has 3 heterocycles. The van der Waals surface area contributed by atoms with Gasteiger partial charge in [-0.2, -0.15) is 0 Å². The highest BCUT2D eigenvalue weighted by Crippen LogP contribution is 2.33. The molecule has 2 atom stereocenters. The molecule has 5 heteroatoms. The minimum atomic E-state index is -0.133. The number of rotatable bonds is 5. The van der Waals surface area contributed by atoms with Crippen LogP contribution in [-0.2, 0) is 16.0 Å². The molecular weight excluding hydrogens is 302 g/mol. The molecule has 0 saturated carbocycles. The molecule has 1 aromatic rings. The summed E-state index contributed by atoms with van der Waals surface area (Å²) in [5.41, 5.74) is 1.17. The zero-order chi connectivity index (χ0) is 17.0. The predicted octanol–water partition coefficient (Wildman–Crippen LogP) is 2.03. The molecule has 1 aromatic heterocycles. The van der Waals surface area contributed by atoms with Crippen LogP contribution >= 0.6 is 0 Å². The lowest BCUT2D eigenvalue weighted by molar-refractivity contribution is -0.0563. The van der Waals surface area contributed by atoms with Crippen molar-refractivity contribution in [2.75, 3.05) is 46.5 Å². The number of aromatic nitrogens is 1. The summed E-state index contributed by atoms with van der Waals surface area (Å²) in [5, 5.41) is 0. The summed E-state index contributed by atoms with van der Waals surface area (Å²) < 4.78 is 12.2. The van der Waals surface area contributed by atoms with Crippen LogP contribution in [0, 0.1) is 5.92 Å². The second-order valence-corrected chi connectivity index (χ2v) is 7.72. The van der Waals surface area contributed by atoms with E-state index in [1.165, 1.54) is 5.56 Å². The monoisotopic (exact) mass is 333 g/mol. The fourth-order valence-electron chi connectivity index (χ4n) is 3.75. The Morgan fingerprint density at radius 1 is 1.38 bits per heavy atom. The number of hydrogen-bond acceptors (Lipinski definition) is 5. The Morgan fingerprint density at radius 3 is 2.92 bits per heavy atom. The maximum atomic E-state index is 6.32. The van der Waals surface area contributed by atoms with Crippen LogP contribution in [-0.4, -0.2) is 72.9 Å². The van der Waals surface area contributed by atoms with Crippen LogP contribution in [0.4, 0.5) is 0 Å². The number of ether oxygens (including phenoxy) is 2. The van der Waals surface area contributed by atoms with E-state index in [0.29, 0.717) is 12.0 Å². The first-order chi connectivity index (χ1) is 11.6. The first-order valence-electron chi connectivity index (χ1n) is 9.09. The molecule has 0 bridgehead atoms. The molecule has 0 radical (unpaired) electrons. The molecule has 0 aliphatic carbocycles. The predicted molar refractivity (Wildman–Crippen MR) is 94.9 cm³/mol. The topological polar surface area (TPSA) is 37.8 Å². The summed E-state index contributed by atoms with van der Waals surface area (Å²) >= 11 is 0. The summed E-state index contributed by atoms with van der Waals surface area (Å²) in [5.74, 6) is 0.599. The molecule has 2 aliphatic heterocycles. The molecule has 134 valence electrons. The van der Waals surface area contributed by atoms with E-state index in [1.54, 1.807) is 0 Å². The molecule has 3 rings (SSSR count). The highest BCUT2D eigenvalue weighted by atomic mass is 16.5. The quantitative estimate of drug-likeness (QED) is 0.824. The van der Waals surface area contributed by atoms with Crippen molar-refractivity contribution < 1.29 is 9.47 Å². The molecule has 2 aliphatic rings. The van der Waals surface area contributed by atoms with Gasteiger partial charge in [0.1, 0.15) is 5.60 Å². The number of pyridine rings is 1. The highest BCUT2D eigenvalue weighted by molar-refractivity contribution is 5.10. The van der Waals surface area contributed by atoms with E-state index in [9.17, 15) is 0 Å². The standard InChI is InChI=1S/C19H31N3O2/c1-16(2)21(3)11-18-10-19(24-13-18)14-22(8-9-23-15-19)12-17-4-6-20-7-5-17/h4-7,16,18H,8-15H2,1-3H3/t18-,19+/m1/s1. The lowest BCUT2D eigenvalue weighted by Gasteiger charge is -2.31. The largest absolute Gasteiger partial charge is 0.377 e. The van der Waals surface area contributed by atoms with Crippen molar-refractivity contribution in [3.05, 3.63) is 30.1 Å². The Kier molecular flexibility index (Phi) is 5.87. The Bertz CT molecular complexity index is 511. The van der Waals surface area contributed by atoms with Gasteiger partial charge in [-0.25, -0.2) is 0 Å². The second-order valence-electron chi connectivity index (χ2n) is 7.72. The van der Waals surface area contributed by atoms with Crippen LogP contribution in [0.5, 0.6) is 0 Å². The van der Waals surface area contributed by atoms with Crippen molar-refractivity contribution in [1.82, 2.24) is 14.8 Å². The van der Waals surface area contributed by atoms with Crippen molar-refractivity contribution >= 4 is 0 Å². The summed E-state index contributed by atoms with van der Waals surface area (Å²) in [6.45, 7) is 10.8. The SMILES string of the molecule is CC(C)N(C)C[C@@H]1CO[C@@]2(COCCN(Cc3ccncc3)C2)C1. The summed E-state index contributed by atoms with van der Waals surface area (Å²) in [7, 11) is 2.20. The van der Waals surface area contributed by atoms with Gasteiger partial charge in [-0.15, -0.1) is 0 Å². The zero-order valence-electron chi connectivity index (χ0n) is 15.3. The van der Waals surface area contributed by atoms with E-state index < -0.39 is 0 Å². The van der Waals surface area contributed by atoms with E-state index in [1.807, 2.05) is 12.4 Å². The van der Waals surface area contributed by atoms with Gasteiger partial charge in [0, 0.05) is 44.6 Å². The van der Waals surface area contributed by atoms with Gasteiger partial charge >= 0.3 is 0 Å².